The van der Waals surface area contributed by atoms with Gasteiger partial charge in [-0.25, -0.2) is 14.3 Å². The smallest absolute Gasteiger partial charge is 0.348 e. The Balaban J connectivity index is 2.16. The van der Waals surface area contributed by atoms with E-state index in [4.69, 9.17) is 4.74 Å². The van der Waals surface area contributed by atoms with Crippen molar-refractivity contribution in [2.45, 2.75) is 13.2 Å². The molecule has 0 saturated carbocycles. The molecule has 4 rings (SSSR count). The number of rotatable bonds is 4. The van der Waals surface area contributed by atoms with E-state index in [1.807, 2.05) is 30.3 Å². The van der Waals surface area contributed by atoms with Crippen LogP contribution in [-0.4, -0.2) is 31.9 Å². The van der Waals surface area contributed by atoms with Gasteiger partial charge >= 0.3 is 5.69 Å². The molecule has 7 nitrogen and oxygen atoms in total. The van der Waals surface area contributed by atoms with Crippen molar-refractivity contribution in [2.75, 3.05) is 7.11 Å². The number of aliphatic hydroxyl groups is 2. The van der Waals surface area contributed by atoms with Gasteiger partial charge in [0.1, 0.15) is 5.75 Å². The highest BCUT2D eigenvalue weighted by molar-refractivity contribution is 5.92. The number of nitrogens with zero attached hydrogens (tertiary/aromatic N) is 2. The van der Waals surface area contributed by atoms with Crippen LogP contribution in [0.5, 0.6) is 5.75 Å². The van der Waals surface area contributed by atoms with Crippen molar-refractivity contribution in [3.8, 4) is 16.9 Å². The number of nitrogens with one attached hydrogen (secondary N) is 1. The molecule has 132 valence electrons. The Morgan fingerprint density at radius 2 is 1.85 bits per heavy atom. The number of aromatic nitrogens is 3. The van der Waals surface area contributed by atoms with Crippen LogP contribution in [0, 0.1) is 0 Å². The largest absolute Gasteiger partial charge is 0.496 e. The van der Waals surface area contributed by atoms with E-state index in [0.717, 1.165) is 16.7 Å². The van der Waals surface area contributed by atoms with E-state index in [2.05, 4.69) is 10.2 Å². The molecule has 0 fully saturated rings. The number of benzene rings is 2. The van der Waals surface area contributed by atoms with Gasteiger partial charge in [-0.05, 0) is 34.9 Å². The van der Waals surface area contributed by atoms with Crippen molar-refractivity contribution >= 4 is 16.6 Å². The molecule has 0 aliphatic heterocycles. The molecular formula is C19H17N3O4. The van der Waals surface area contributed by atoms with Crippen molar-refractivity contribution in [1.29, 1.82) is 0 Å². The molecule has 0 amide bonds. The van der Waals surface area contributed by atoms with Crippen LogP contribution in [0.25, 0.3) is 27.7 Å². The fourth-order valence-electron chi connectivity index (χ4n) is 3.31. The van der Waals surface area contributed by atoms with Crippen molar-refractivity contribution in [1.82, 2.24) is 14.6 Å². The molecular weight excluding hydrogens is 334 g/mol. The summed E-state index contributed by atoms with van der Waals surface area (Å²) in [5, 5.41) is 26.5. The molecule has 4 aromatic rings. The minimum Gasteiger partial charge on any atom is -0.496 e. The van der Waals surface area contributed by atoms with Crippen LogP contribution in [-0.2, 0) is 13.2 Å². The second kappa shape index (κ2) is 6.29. The summed E-state index contributed by atoms with van der Waals surface area (Å²) in [5.74, 6) is 0.587. The standard InChI is InChI=1S/C19H17N3O4/c1-26-17-8-14-12(10-24)6-18-20-21-19(25)22(18)16(14)7-15(17)13-5-3-2-4-11(13)9-23/h2-8,23-24H,9-10H2,1H3,(H,21,25). The number of ether oxygens (including phenoxy) is 1. The van der Waals surface area contributed by atoms with E-state index in [1.165, 1.54) is 4.40 Å². The molecule has 0 radical (unpaired) electrons. The summed E-state index contributed by atoms with van der Waals surface area (Å²) < 4.78 is 7.01. The van der Waals surface area contributed by atoms with Crippen LogP contribution in [0.4, 0.5) is 0 Å². The number of hydrogen-bond donors (Lipinski definition) is 3. The number of pyridine rings is 1. The first-order valence-electron chi connectivity index (χ1n) is 8.08. The minimum atomic E-state index is -0.360. The van der Waals surface area contributed by atoms with Gasteiger partial charge in [0.25, 0.3) is 0 Å². The number of hydrogen-bond acceptors (Lipinski definition) is 5. The van der Waals surface area contributed by atoms with Crippen LogP contribution in [0.1, 0.15) is 11.1 Å². The zero-order valence-corrected chi connectivity index (χ0v) is 14.1. The van der Waals surface area contributed by atoms with Gasteiger partial charge < -0.3 is 14.9 Å². The molecule has 2 aromatic carbocycles. The highest BCUT2D eigenvalue weighted by Crippen LogP contribution is 2.37. The lowest BCUT2D eigenvalue weighted by atomic mass is 9.96. The first-order valence-corrected chi connectivity index (χ1v) is 8.08. The number of fused-ring (bicyclic) bond motifs is 3. The van der Waals surface area contributed by atoms with Crippen LogP contribution >= 0.6 is 0 Å². The lowest BCUT2D eigenvalue weighted by Gasteiger charge is -2.15. The summed E-state index contributed by atoms with van der Waals surface area (Å²) in [4.78, 5) is 12.2. The third-order valence-corrected chi connectivity index (χ3v) is 4.55. The number of aliphatic hydroxyl groups excluding tert-OH is 2. The van der Waals surface area contributed by atoms with E-state index in [9.17, 15) is 15.0 Å². The Morgan fingerprint density at radius 1 is 1.08 bits per heavy atom. The average molecular weight is 351 g/mol. The zero-order valence-electron chi connectivity index (χ0n) is 14.1. The van der Waals surface area contributed by atoms with Gasteiger partial charge in [0.2, 0.25) is 0 Å². The maximum absolute atomic E-state index is 12.2. The maximum atomic E-state index is 12.2. The molecule has 0 spiro atoms. The molecule has 2 heterocycles. The SMILES string of the molecule is COc1cc2c(CO)cc3n[nH]c(=O)n3c2cc1-c1ccccc1CO. The summed E-state index contributed by atoms with van der Waals surface area (Å²) in [5.41, 5.74) is 3.63. The summed E-state index contributed by atoms with van der Waals surface area (Å²) in [6.45, 7) is -0.307. The number of H-pyrrole nitrogens is 1. The lowest BCUT2D eigenvalue weighted by Crippen LogP contribution is -2.11. The Kier molecular flexibility index (Phi) is 3.95. The Bertz CT molecular complexity index is 1180. The van der Waals surface area contributed by atoms with E-state index in [1.54, 1.807) is 19.2 Å². The van der Waals surface area contributed by atoms with Crippen molar-refractivity contribution in [2.24, 2.45) is 0 Å². The number of aromatic amines is 1. The second-order valence-electron chi connectivity index (χ2n) is 5.93. The van der Waals surface area contributed by atoms with Gasteiger partial charge in [0.15, 0.2) is 5.65 Å². The molecule has 0 aliphatic rings. The average Bonchev–Trinajstić information content (AvgIpc) is 3.06. The van der Waals surface area contributed by atoms with Crippen LogP contribution < -0.4 is 10.4 Å². The first-order chi connectivity index (χ1) is 12.7. The predicted molar refractivity (Wildman–Crippen MR) is 97.2 cm³/mol. The van der Waals surface area contributed by atoms with E-state index < -0.39 is 0 Å². The van der Waals surface area contributed by atoms with Gasteiger partial charge in [-0.3, -0.25) is 0 Å². The van der Waals surface area contributed by atoms with Gasteiger partial charge in [-0.15, -0.1) is 0 Å². The summed E-state index contributed by atoms with van der Waals surface area (Å²) >= 11 is 0. The highest BCUT2D eigenvalue weighted by atomic mass is 16.5. The molecule has 26 heavy (non-hydrogen) atoms. The first kappa shape index (κ1) is 16.3. The molecule has 7 heteroatoms. The Morgan fingerprint density at radius 3 is 2.58 bits per heavy atom. The third-order valence-electron chi connectivity index (χ3n) is 4.55. The fraction of sp³-hybridized carbons (Fsp3) is 0.158. The van der Waals surface area contributed by atoms with Gasteiger partial charge in [0.05, 0.1) is 25.8 Å². The van der Waals surface area contributed by atoms with Crippen molar-refractivity contribution in [3.05, 3.63) is 64.1 Å². The summed E-state index contributed by atoms with van der Waals surface area (Å²) in [7, 11) is 1.56. The topological polar surface area (TPSA) is 99.9 Å². The fourth-order valence-corrected chi connectivity index (χ4v) is 3.31. The Hall–Kier alpha value is -3.16. The van der Waals surface area contributed by atoms with Crippen LogP contribution in [0.15, 0.2) is 47.3 Å². The lowest BCUT2D eigenvalue weighted by molar-refractivity contribution is 0.282. The molecule has 0 saturated heterocycles. The Labute approximate surface area is 148 Å². The maximum Gasteiger partial charge on any atom is 0.348 e. The minimum absolute atomic E-state index is 0.116. The molecule has 0 atom stereocenters. The van der Waals surface area contributed by atoms with Gasteiger partial charge in [-0.2, -0.15) is 5.10 Å². The molecule has 0 aliphatic carbocycles. The van der Waals surface area contributed by atoms with Gasteiger partial charge in [-0.1, -0.05) is 24.3 Å². The molecule has 0 unspecified atom stereocenters. The van der Waals surface area contributed by atoms with Crippen LogP contribution in [0.3, 0.4) is 0 Å². The third kappa shape index (κ3) is 2.37. The summed E-state index contributed by atoms with van der Waals surface area (Å²) in [6.07, 6.45) is 0. The van der Waals surface area contributed by atoms with E-state index >= 15 is 0 Å². The zero-order chi connectivity index (χ0) is 18.3. The summed E-state index contributed by atoms with van der Waals surface area (Å²) in [6, 6.07) is 12.7. The second-order valence-corrected chi connectivity index (χ2v) is 5.93. The predicted octanol–water partition coefficient (Wildman–Crippen LogP) is 1.84. The van der Waals surface area contributed by atoms with Crippen LogP contribution in [0.2, 0.25) is 0 Å². The number of methoxy groups -OCH3 is 1. The molecule has 3 N–H and O–H groups in total. The highest BCUT2D eigenvalue weighted by Gasteiger charge is 2.16. The van der Waals surface area contributed by atoms with Gasteiger partial charge in [0, 0.05) is 10.9 Å². The van der Waals surface area contributed by atoms with Crippen molar-refractivity contribution < 1.29 is 14.9 Å². The molecule has 0 bridgehead atoms. The van der Waals surface area contributed by atoms with Crippen molar-refractivity contribution in [3.63, 3.8) is 0 Å². The monoisotopic (exact) mass is 351 g/mol. The normalized spacial score (nSPS) is 11.3. The molecule has 2 aromatic heterocycles. The van der Waals surface area contributed by atoms with E-state index in [-0.39, 0.29) is 18.9 Å². The quantitative estimate of drug-likeness (QED) is 0.521. The van der Waals surface area contributed by atoms with E-state index in [0.29, 0.717) is 27.9 Å².